The molecule has 0 saturated carbocycles. The number of thioether (sulfide) groups is 1. The van der Waals surface area contributed by atoms with Gasteiger partial charge in [0.2, 0.25) is 5.13 Å². The normalized spacial score (nSPS) is 10.2. The number of nitrogens with one attached hydrogen (secondary N) is 1. The molecule has 7 heteroatoms. The number of benzene rings is 2. The van der Waals surface area contributed by atoms with E-state index in [1.54, 1.807) is 24.3 Å². The highest BCUT2D eigenvalue weighted by Crippen LogP contribution is 2.28. The van der Waals surface area contributed by atoms with Gasteiger partial charge in [-0.15, -0.1) is 10.2 Å². The van der Waals surface area contributed by atoms with E-state index in [9.17, 15) is 4.79 Å². The van der Waals surface area contributed by atoms with Crippen LogP contribution >= 0.6 is 23.1 Å². The van der Waals surface area contributed by atoms with Gasteiger partial charge in [-0.05, 0) is 36.8 Å². The molecule has 25 heavy (non-hydrogen) atoms. The number of aromatic nitrogens is 2. The lowest BCUT2D eigenvalue weighted by Crippen LogP contribution is -2.01. The summed E-state index contributed by atoms with van der Waals surface area (Å²) >= 11 is 2.77. The Labute approximate surface area is 153 Å². The second-order valence-corrected chi connectivity index (χ2v) is 7.47. The Balaban J connectivity index is 1.57. The Kier molecular flexibility index (Phi) is 5.43. The van der Waals surface area contributed by atoms with E-state index in [-0.39, 0.29) is 11.5 Å². The molecule has 1 aromatic heterocycles. The van der Waals surface area contributed by atoms with Crippen molar-refractivity contribution in [3.8, 4) is 6.07 Å². The minimum atomic E-state index is -0.00196. The van der Waals surface area contributed by atoms with Crippen LogP contribution in [0.1, 0.15) is 21.5 Å². The van der Waals surface area contributed by atoms with Crippen LogP contribution in [0, 0.1) is 18.3 Å². The number of anilines is 2. The van der Waals surface area contributed by atoms with E-state index in [1.165, 1.54) is 23.1 Å². The number of aryl methyl sites for hydroxylation is 1. The summed E-state index contributed by atoms with van der Waals surface area (Å²) in [5, 5.41) is 20.9. The van der Waals surface area contributed by atoms with E-state index in [0.29, 0.717) is 16.3 Å². The number of carbonyl (C=O) groups excluding carboxylic acids is 1. The first-order valence-electron chi connectivity index (χ1n) is 7.47. The molecule has 0 fully saturated rings. The Hall–Kier alpha value is -2.69. The largest absolute Gasteiger partial charge is 0.330 e. The Morgan fingerprint density at radius 3 is 2.76 bits per heavy atom. The number of nitriles is 1. The molecule has 0 aliphatic heterocycles. The van der Waals surface area contributed by atoms with Gasteiger partial charge in [0.05, 0.1) is 17.4 Å². The quantitative estimate of drug-likeness (QED) is 0.513. The molecule has 3 rings (SSSR count). The van der Waals surface area contributed by atoms with Crippen molar-refractivity contribution in [2.75, 3.05) is 11.1 Å². The number of hydrogen-bond acceptors (Lipinski definition) is 7. The Morgan fingerprint density at radius 1 is 1.24 bits per heavy atom. The second-order valence-electron chi connectivity index (χ2n) is 5.27. The fourth-order valence-corrected chi connectivity index (χ4v) is 3.77. The maximum absolute atomic E-state index is 12.2. The van der Waals surface area contributed by atoms with E-state index in [4.69, 9.17) is 5.26 Å². The zero-order valence-corrected chi connectivity index (χ0v) is 15.0. The van der Waals surface area contributed by atoms with Crippen molar-refractivity contribution in [2.45, 2.75) is 11.3 Å². The average molecular weight is 366 g/mol. The van der Waals surface area contributed by atoms with E-state index in [2.05, 4.69) is 15.5 Å². The Morgan fingerprint density at radius 2 is 2.04 bits per heavy atom. The summed E-state index contributed by atoms with van der Waals surface area (Å²) in [6.45, 7) is 2.03. The van der Waals surface area contributed by atoms with Crippen LogP contribution in [-0.2, 0) is 0 Å². The highest BCUT2D eigenvalue weighted by molar-refractivity contribution is 8.01. The summed E-state index contributed by atoms with van der Waals surface area (Å²) in [5.41, 5.74) is 3.26. The van der Waals surface area contributed by atoms with Gasteiger partial charge in [0, 0.05) is 11.3 Å². The molecule has 0 radical (unpaired) electrons. The molecule has 0 atom stereocenters. The molecule has 0 spiro atoms. The van der Waals surface area contributed by atoms with Gasteiger partial charge in [0.25, 0.3) is 0 Å². The van der Waals surface area contributed by atoms with Crippen LogP contribution in [0.3, 0.4) is 0 Å². The molecule has 0 aliphatic rings. The van der Waals surface area contributed by atoms with Gasteiger partial charge in [-0.1, -0.05) is 47.4 Å². The number of hydrogen-bond donors (Lipinski definition) is 1. The number of carbonyl (C=O) groups is 1. The molecular weight excluding hydrogens is 352 g/mol. The molecule has 0 saturated heterocycles. The minimum Gasteiger partial charge on any atom is -0.330 e. The predicted molar refractivity (Wildman–Crippen MR) is 101 cm³/mol. The smallest absolute Gasteiger partial charge is 0.210 e. The third-order valence-electron chi connectivity index (χ3n) is 3.34. The van der Waals surface area contributed by atoms with Crippen LogP contribution in [-0.4, -0.2) is 21.7 Å². The first-order valence-corrected chi connectivity index (χ1v) is 9.27. The van der Waals surface area contributed by atoms with Crippen LogP contribution in [0.2, 0.25) is 0 Å². The van der Waals surface area contributed by atoms with E-state index in [0.717, 1.165) is 15.6 Å². The first kappa shape index (κ1) is 17.1. The number of Topliss-reactive ketones (excluding diaryl/α,β-unsaturated/α-hetero) is 1. The van der Waals surface area contributed by atoms with Crippen LogP contribution in [0.5, 0.6) is 0 Å². The van der Waals surface area contributed by atoms with Gasteiger partial charge < -0.3 is 5.32 Å². The van der Waals surface area contributed by atoms with Crippen molar-refractivity contribution in [3.63, 3.8) is 0 Å². The molecule has 5 nitrogen and oxygen atoms in total. The van der Waals surface area contributed by atoms with Crippen molar-refractivity contribution in [2.24, 2.45) is 0 Å². The van der Waals surface area contributed by atoms with Crippen LogP contribution in [0.4, 0.5) is 10.8 Å². The molecule has 3 aromatic rings. The molecule has 0 bridgehead atoms. The van der Waals surface area contributed by atoms with Crippen molar-refractivity contribution < 1.29 is 4.79 Å². The highest BCUT2D eigenvalue weighted by atomic mass is 32.2. The van der Waals surface area contributed by atoms with Crippen LogP contribution < -0.4 is 5.32 Å². The summed E-state index contributed by atoms with van der Waals surface area (Å²) in [6.07, 6.45) is 0. The zero-order chi connectivity index (χ0) is 17.6. The van der Waals surface area contributed by atoms with Gasteiger partial charge in [0.1, 0.15) is 0 Å². The molecule has 0 aliphatic carbocycles. The highest BCUT2D eigenvalue weighted by Gasteiger charge is 2.10. The fourth-order valence-electron chi connectivity index (χ4n) is 2.11. The SMILES string of the molecule is Cc1cccc(Nc2nnc(SCC(=O)c3ccc(C#N)cc3)s2)c1. The van der Waals surface area contributed by atoms with Gasteiger partial charge in [-0.3, -0.25) is 4.79 Å². The van der Waals surface area contributed by atoms with Gasteiger partial charge in [0.15, 0.2) is 10.1 Å². The summed E-state index contributed by atoms with van der Waals surface area (Å²) in [7, 11) is 0. The van der Waals surface area contributed by atoms with Crippen molar-refractivity contribution in [3.05, 3.63) is 65.2 Å². The molecule has 124 valence electrons. The summed E-state index contributed by atoms with van der Waals surface area (Å²) < 4.78 is 0.733. The fraction of sp³-hybridized carbons (Fsp3) is 0.111. The van der Waals surface area contributed by atoms with E-state index < -0.39 is 0 Å². The van der Waals surface area contributed by atoms with E-state index in [1.807, 2.05) is 37.3 Å². The van der Waals surface area contributed by atoms with Crippen molar-refractivity contribution >= 4 is 39.7 Å². The lowest BCUT2D eigenvalue weighted by Gasteiger charge is -2.02. The maximum atomic E-state index is 12.2. The number of nitrogens with zero attached hydrogens (tertiary/aromatic N) is 3. The molecule has 0 amide bonds. The molecule has 1 heterocycles. The predicted octanol–water partition coefficient (Wildman–Crippen LogP) is 4.44. The lowest BCUT2D eigenvalue weighted by atomic mass is 10.1. The molecular formula is C18H14N4OS2. The van der Waals surface area contributed by atoms with Crippen molar-refractivity contribution in [1.29, 1.82) is 5.26 Å². The average Bonchev–Trinajstić information content (AvgIpc) is 3.07. The summed E-state index contributed by atoms with van der Waals surface area (Å²) in [6, 6.07) is 16.7. The lowest BCUT2D eigenvalue weighted by molar-refractivity contribution is 0.102. The van der Waals surface area contributed by atoms with Crippen LogP contribution in [0.25, 0.3) is 0 Å². The first-order chi connectivity index (χ1) is 12.1. The van der Waals surface area contributed by atoms with Crippen molar-refractivity contribution in [1.82, 2.24) is 10.2 Å². The summed E-state index contributed by atoms with van der Waals surface area (Å²) in [4.78, 5) is 12.2. The number of ketones is 1. The van der Waals surface area contributed by atoms with Gasteiger partial charge in [-0.25, -0.2) is 0 Å². The van der Waals surface area contributed by atoms with Gasteiger partial charge >= 0.3 is 0 Å². The number of rotatable bonds is 6. The van der Waals surface area contributed by atoms with E-state index >= 15 is 0 Å². The third-order valence-corrected chi connectivity index (χ3v) is 5.31. The minimum absolute atomic E-state index is 0.00196. The summed E-state index contributed by atoms with van der Waals surface area (Å²) in [5.74, 6) is 0.281. The standard InChI is InChI=1S/C18H14N4OS2/c1-12-3-2-4-15(9-12)20-17-21-22-18(25-17)24-11-16(23)14-7-5-13(10-19)6-8-14/h2-9H,11H2,1H3,(H,20,21). The van der Waals surface area contributed by atoms with Gasteiger partial charge in [-0.2, -0.15) is 5.26 Å². The second kappa shape index (κ2) is 7.92. The monoisotopic (exact) mass is 366 g/mol. The Bertz CT molecular complexity index is 929. The van der Waals surface area contributed by atoms with Crippen LogP contribution in [0.15, 0.2) is 52.9 Å². The maximum Gasteiger partial charge on any atom is 0.210 e. The third kappa shape index (κ3) is 4.66. The molecule has 2 aromatic carbocycles. The molecule has 0 unspecified atom stereocenters. The molecule has 1 N–H and O–H groups in total. The zero-order valence-electron chi connectivity index (χ0n) is 13.4. The topological polar surface area (TPSA) is 78.7 Å².